The van der Waals surface area contributed by atoms with E-state index in [0.717, 1.165) is 110 Å². The van der Waals surface area contributed by atoms with Crippen LogP contribution in [0.2, 0.25) is 0 Å². The van der Waals surface area contributed by atoms with Gasteiger partial charge in [-0.1, -0.05) is 271 Å². The number of aromatic nitrogens is 8. The number of fused-ring (bicyclic) bond motifs is 12. The summed E-state index contributed by atoms with van der Waals surface area (Å²) >= 11 is 3.31. The Labute approximate surface area is 591 Å². The molecule has 0 aliphatic rings. The van der Waals surface area contributed by atoms with Gasteiger partial charge in [0.1, 0.15) is 11.3 Å². The van der Waals surface area contributed by atoms with E-state index in [0.29, 0.717) is 11.6 Å². The highest BCUT2D eigenvalue weighted by Gasteiger charge is 2.24. The highest BCUT2D eigenvalue weighted by molar-refractivity contribution is 9.10. The van der Waals surface area contributed by atoms with Gasteiger partial charge < -0.3 is 14.1 Å². The zero-order valence-corrected chi connectivity index (χ0v) is 56.2. The van der Waals surface area contributed by atoms with Gasteiger partial charge in [-0.3, -0.25) is 4.57 Å². The molecule has 0 saturated heterocycles. The summed E-state index contributed by atoms with van der Waals surface area (Å²) in [5, 5.41) is 9.26. The first-order chi connectivity index (χ1) is 50.0. The smallest absolute Gasteiger partial charge is 0.162 e. The second-order valence-electron chi connectivity index (χ2n) is 25.1. The second-order valence-corrected chi connectivity index (χ2v) is 26.0. The van der Waals surface area contributed by atoms with Crippen molar-refractivity contribution in [1.82, 2.24) is 38.6 Å². The number of nitrogens with zero attached hydrogens (tertiary/aromatic N) is 7. The fourth-order valence-corrected chi connectivity index (χ4v) is 14.7. The summed E-state index contributed by atoms with van der Waals surface area (Å²) in [6.07, 6.45) is 0. The predicted molar refractivity (Wildman–Crippen MR) is 423 cm³/mol. The standard InChI is InChI=1S/C46H30N4.C40H26N4.C6H5Br/c1-5-15-31(16-6-1)44-43-39-30-34(33-25-27-41-38(29-33)37-23-13-14-24-40(37)49(41)35-19-9-3-10-20-35)26-28-42(39)50(36-21-11-4-12-22-36)46(43)48-45(47-44)32-17-7-2-8-18-32;1-4-12-26(13-5-1)38-37-33-25-28(20-22-34(33)41-40(37)43-39(42-38)27-14-6-2-7-15-27)29-21-23-36-32(24-29)31-18-10-11-19-35(31)44(36)30-16-8-3-9-17-30;7-6-4-2-1-3-5-6/h1-30H;1-25H,(H,41,42,43);1-5H. The van der Waals surface area contributed by atoms with Crippen LogP contribution in [0.15, 0.2) is 368 Å². The van der Waals surface area contributed by atoms with Gasteiger partial charge in [-0.2, -0.15) is 0 Å². The zero-order chi connectivity index (χ0) is 67.2. The number of hydrogen-bond donors (Lipinski definition) is 1. The van der Waals surface area contributed by atoms with Crippen molar-refractivity contribution < 1.29 is 0 Å². The van der Waals surface area contributed by atoms with Crippen LogP contribution in [0, 0.1) is 0 Å². The number of nitrogens with one attached hydrogen (secondary N) is 1. The number of rotatable bonds is 9. The van der Waals surface area contributed by atoms with Gasteiger partial charge in [-0.15, -0.1) is 0 Å². The van der Waals surface area contributed by atoms with Crippen molar-refractivity contribution in [3.63, 3.8) is 0 Å². The lowest BCUT2D eigenvalue weighted by Crippen LogP contribution is -1.99. The van der Waals surface area contributed by atoms with Gasteiger partial charge in [0.15, 0.2) is 11.6 Å². The van der Waals surface area contributed by atoms with Crippen LogP contribution in [0.4, 0.5) is 0 Å². The number of para-hydroxylation sites is 5. The van der Waals surface area contributed by atoms with Crippen molar-refractivity contribution in [2.24, 2.45) is 0 Å². The van der Waals surface area contributed by atoms with Gasteiger partial charge in [-0.25, -0.2) is 19.9 Å². The van der Waals surface area contributed by atoms with Gasteiger partial charge in [-0.05, 0) is 131 Å². The lowest BCUT2D eigenvalue weighted by Gasteiger charge is -2.10. The lowest BCUT2D eigenvalue weighted by molar-refractivity contribution is 1.11. The van der Waals surface area contributed by atoms with Crippen LogP contribution in [-0.2, 0) is 0 Å². The highest BCUT2D eigenvalue weighted by Crippen LogP contribution is 2.43. The normalized spacial score (nSPS) is 11.4. The van der Waals surface area contributed by atoms with E-state index in [1.54, 1.807) is 0 Å². The van der Waals surface area contributed by atoms with E-state index < -0.39 is 0 Å². The van der Waals surface area contributed by atoms with Gasteiger partial charge in [0, 0.05) is 81.6 Å². The van der Waals surface area contributed by atoms with E-state index in [1.807, 2.05) is 72.8 Å². The Kier molecular flexibility index (Phi) is 15.6. The largest absolute Gasteiger partial charge is 0.339 e. The Hall–Kier alpha value is -13.1. The zero-order valence-electron chi connectivity index (χ0n) is 54.6. The number of aromatic amines is 1. The maximum absolute atomic E-state index is 5.30. The summed E-state index contributed by atoms with van der Waals surface area (Å²) in [5.74, 6) is 1.42. The maximum atomic E-state index is 5.30. The molecule has 0 fully saturated rings. The Morgan fingerprint density at radius 3 is 1.02 bits per heavy atom. The minimum absolute atomic E-state index is 0.706. The van der Waals surface area contributed by atoms with Crippen LogP contribution in [0.25, 0.3) is 172 Å². The van der Waals surface area contributed by atoms with Crippen LogP contribution in [0.3, 0.4) is 0 Å². The summed E-state index contributed by atoms with van der Waals surface area (Å²) in [4.78, 5) is 24.3. The number of hydrogen-bond acceptors (Lipinski definition) is 4. The summed E-state index contributed by atoms with van der Waals surface area (Å²) in [5.41, 5.74) is 22.6. The molecule has 101 heavy (non-hydrogen) atoms. The van der Waals surface area contributed by atoms with Gasteiger partial charge in [0.05, 0.1) is 49.7 Å². The first-order valence-corrected chi connectivity index (χ1v) is 34.7. The Balaban J connectivity index is 0.000000133. The molecule has 1 N–H and O–H groups in total. The molecule has 20 rings (SSSR count). The average Bonchev–Trinajstić information content (AvgIpc) is 1.58. The van der Waals surface area contributed by atoms with Gasteiger partial charge >= 0.3 is 0 Å². The van der Waals surface area contributed by atoms with E-state index in [2.05, 4.69) is 326 Å². The van der Waals surface area contributed by atoms with E-state index >= 15 is 0 Å². The molecule has 8 nitrogen and oxygen atoms in total. The molecule has 0 radical (unpaired) electrons. The topological polar surface area (TPSA) is 82.1 Å². The molecule has 0 saturated carbocycles. The molecule has 6 heterocycles. The van der Waals surface area contributed by atoms with E-state index in [4.69, 9.17) is 19.9 Å². The van der Waals surface area contributed by atoms with E-state index in [1.165, 1.54) is 54.7 Å². The van der Waals surface area contributed by atoms with E-state index in [9.17, 15) is 0 Å². The quantitative estimate of drug-likeness (QED) is 0.156. The SMILES string of the molecule is Brc1ccccc1.c1ccc(-c2nc(-c3ccccc3)c3c(n2)[nH]c2ccc(-c4ccc5c(c4)c4ccccc4n5-c4ccccc4)cc23)cc1.c1ccc(-c2nc(-c3ccccc3)c3c4cc(-c5ccc6c(c5)c5ccccc5n6-c5ccccc5)ccc4n(-c4ccccc4)c3n2)cc1. The third-order valence-electron chi connectivity index (χ3n) is 19.0. The molecule has 20 aromatic rings. The molecule has 9 heteroatoms. The summed E-state index contributed by atoms with van der Waals surface area (Å²) in [7, 11) is 0. The number of H-pyrrole nitrogens is 1. The minimum Gasteiger partial charge on any atom is -0.339 e. The molecule has 14 aromatic carbocycles. The fourth-order valence-electron chi connectivity index (χ4n) is 14.4. The summed E-state index contributed by atoms with van der Waals surface area (Å²) in [6.45, 7) is 0. The third-order valence-corrected chi connectivity index (χ3v) is 19.5. The molecular weight excluding hydrogens is 1300 g/mol. The molecular formula is C92H61BrN8. The van der Waals surface area contributed by atoms with Gasteiger partial charge in [0.25, 0.3) is 0 Å². The molecule has 6 aromatic heterocycles. The molecule has 0 bridgehead atoms. The van der Waals surface area contributed by atoms with Crippen molar-refractivity contribution >= 4 is 103 Å². The predicted octanol–water partition coefficient (Wildman–Crippen LogP) is 24.3. The molecule has 0 unspecified atom stereocenters. The minimum atomic E-state index is 0.706. The first-order valence-electron chi connectivity index (χ1n) is 33.9. The number of halogens is 1. The molecule has 0 aliphatic heterocycles. The fraction of sp³-hybridized carbons (Fsp3) is 0. The first kappa shape index (κ1) is 60.3. The number of benzene rings is 14. The molecule has 0 spiro atoms. The second kappa shape index (κ2) is 26.1. The van der Waals surface area contributed by atoms with Crippen LogP contribution >= 0.6 is 15.9 Å². The van der Waals surface area contributed by atoms with Crippen molar-refractivity contribution in [3.8, 4) is 84.6 Å². The maximum Gasteiger partial charge on any atom is 0.162 e. The van der Waals surface area contributed by atoms with Crippen LogP contribution in [-0.4, -0.2) is 38.6 Å². The van der Waals surface area contributed by atoms with E-state index in [-0.39, 0.29) is 0 Å². The van der Waals surface area contributed by atoms with Crippen LogP contribution in [0.5, 0.6) is 0 Å². The monoisotopic (exact) mass is 1360 g/mol. The summed E-state index contributed by atoms with van der Waals surface area (Å²) < 4.78 is 8.13. The molecule has 0 atom stereocenters. The Morgan fingerprint density at radius 2 is 0.574 bits per heavy atom. The van der Waals surface area contributed by atoms with Crippen LogP contribution in [0.1, 0.15) is 0 Å². The van der Waals surface area contributed by atoms with Crippen molar-refractivity contribution in [3.05, 3.63) is 368 Å². The van der Waals surface area contributed by atoms with Crippen LogP contribution < -0.4 is 0 Å². The third kappa shape index (κ3) is 11.2. The highest BCUT2D eigenvalue weighted by atomic mass is 79.9. The molecule has 476 valence electrons. The summed E-state index contributed by atoms with van der Waals surface area (Å²) in [6, 6.07) is 127. The molecule has 0 amide bonds. The Bertz CT molecular complexity index is 6420. The molecule has 0 aliphatic carbocycles. The van der Waals surface area contributed by atoms with Gasteiger partial charge in [0.2, 0.25) is 0 Å². The van der Waals surface area contributed by atoms with Crippen molar-refractivity contribution in [2.75, 3.05) is 0 Å². The average molecular weight is 1360 g/mol. The van der Waals surface area contributed by atoms with Crippen molar-refractivity contribution in [1.29, 1.82) is 0 Å². The lowest BCUT2D eigenvalue weighted by atomic mass is 9.99. The Morgan fingerprint density at radius 1 is 0.238 bits per heavy atom. The van der Waals surface area contributed by atoms with Crippen molar-refractivity contribution in [2.45, 2.75) is 0 Å².